The van der Waals surface area contributed by atoms with Gasteiger partial charge < -0.3 is 5.73 Å². The Kier molecular flexibility index (Phi) is 5.14. The van der Waals surface area contributed by atoms with Gasteiger partial charge in [0, 0.05) is 28.0 Å². The lowest BCUT2D eigenvalue weighted by molar-refractivity contribution is 0.191. The summed E-state index contributed by atoms with van der Waals surface area (Å²) in [6.07, 6.45) is 4.13. The molecule has 0 amide bonds. The number of nitrogens with two attached hydrogens (primary N) is 1. The molecule has 2 N–H and O–H groups in total. The molecule has 1 aliphatic carbocycles. The predicted molar refractivity (Wildman–Crippen MR) is 81.8 cm³/mol. The average molecular weight is 274 g/mol. The zero-order chi connectivity index (χ0) is 12.4. The summed E-state index contributed by atoms with van der Waals surface area (Å²) in [5.74, 6) is 5.14. The van der Waals surface area contributed by atoms with Gasteiger partial charge in [-0.25, -0.2) is 0 Å². The van der Waals surface area contributed by atoms with Crippen molar-refractivity contribution in [1.29, 1.82) is 0 Å². The van der Waals surface area contributed by atoms with Crippen LogP contribution in [0.25, 0.3) is 0 Å². The second kappa shape index (κ2) is 6.21. The van der Waals surface area contributed by atoms with E-state index < -0.39 is 0 Å². The molecule has 2 rings (SSSR count). The van der Waals surface area contributed by atoms with Crippen LogP contribution in [0, 0.1) is 17.8 Å². The molecular formula is C14H27NS2. The molecule has 1 heterocycles. The summed E-state index contributed by atoms with van der Waals surface area (Å²) >= 11 is 4.25. The Bertz CT molecular complexity index is 236. The molecule has 5 unspecified atom stereocenters. The van der Waals surface area contributed by atoms with Crippen LogP contribution in [-0.4, -0.2) is 28.0 Å². The average Bonchev–Trinajstić information content (AvgIpc) is 2.27. The van der Waals surface area contributed by atoms with Crippen molar-refractivity contribution in [2.75, 3.05) is 11.5 Å². The van der Waals surface area contributed by atoms with Gasteiger partial charge >= 0.3 is 0 Å². The number of hydrogen-bond acceptors (Lipinski definition) is 3. The lowest BCUT2D eigenvalue weighted by atomic mass is 9.73. The Morgan fingerprint density at radius 3 is 2.12 bits per heavy atom. The molecule has 5 atom stereocenters. The van der Waals surface area contributed by atoms with Crippen LogP contribution in [0.5, 0.6) is 0 Å². The van der Waals surface area contributed by atoms with E-state index in [1.54, 1.807) is 0 Å². The summed E-state index contributed by atoms with van der Waals surface area (Å²) < 4.78 is 0. The maximum Gasteiger partial charge on any atom is 0.0318 e. The normalized spacial score (nSPS) is 45.5. The summed E-state index contributed by atoms with van der Waals surface area (Å²) in [4.78, 5) is 0. The summed E-state index contributed by atoms with van der Waals surface area (Å²) in [6, 6.07) is 0.424. The van der Waals surface area contributed by atoms with Crippen molar-refractivity contribution in [3.05, 3.63) is 0 Å². The van der Waals surface area contributed by atoms with Crippen LogP contribution in [-0.2, 0) is 0 Å². The van der Waals surface area contributed by atoms with Gasteiger partial charge in [-0.3, -0.25) is 0 Å². The van der Waals surface area contributed by atoms with E-state index in [4.69, 9.17) is 5.73 Å². The van der Waals surface area contributed by atoms with Gasteiger partial charge in [0.05, 0.1) is 0 Å². The topological polar surface area (TPSA) is 26.0 Å². The quantitative estimate of drug-likeness (QED) is 0.832. The third-order valence-electron chi connectivity index (χ3n) is 4.38. The summed E-state index contributed by atoms with van der Waals surface area (Å²) in [5, 5.41) is 1.44. The molecule has 0 spiro atoms. The highest BCUT2D eigenvalue weighted by Gasteiger charge is 2.36. The van der Waals surface area contributed by atoms with E-state index in [0.717, 1.165) is 23.0 Å². The molecule has 0 radical (unpaired) electrons. The highest BCUT2D eigenvalue weighted by Crippen LogP contribution is 2.40. The standard InChI is InChI=1S/C14H27NS2/c1-9-6-10(2)8-12(7-9)13(15)14-11(3)16-4-5-17-14/h9-14H,4-8,15H2,1-3H3. The van der Waals surface area contributed by atoms with Gasteiger partial charge in [0.1, 0.15) is 0 Å². The van der Waals surface area contributed by atoms with Gasteiger partial charge in [0.25, 0.3) is 0 Å². The number of hydrogen-bond donors (Lipinski definition) is 1. The fourth-order valence-electron chi connectivity index (χ4n) is 3.66. The van der Waals surface area contributed by atoms with Gasteiger partial charge in [-0.2, -0.15) is 23.5 Å². The molecule has 1 aliphatic heterocycles. The Balaban J connectivity index is 1.95. The van der Waals surface area contributed by atoms with E-state index in [0.29, 0.717) is 11.3 Å². The Hall–Kier alpha value is 0.660. The second-order valence-electron chi connectivity index (χ2n) is 6.17. The molecule has 1 saturated heterocycles. The van der Waals surface area contributed by atoms with E-state index in [1.807, 2.05) is 0 Å². The van der Waals surface area contributed by atoms with Crippen molar-refractivity contribution in [2.45, 2.75) is 56.6 Å². The van der Waals surface area contributed by atoms with Gasteiger partial charge in [-0.1, -0.05) is 20.8 Å². The first-order chi connectivity index (χ1) is 8.08. The largest absolute Gasteiger partial charge is 0.326 e. The van der Waals surface area contributed by atoms with Gasteiger partial charge in [-0.05, 0) is 37.0 Å². The smallest absolute Gasteiger partial charge is 0.0318 e. The molecule has 2 fully saturated rings. The monoisotopic (exact) mass is 273 g/mol. The number of rotatable bonds is 2. The molecule has 1 saturated carbocycles. The van der Waals surface area contributed by atoms with Crippen molar-refractivity contribution < 1.29 is 0 Å². The lowest BCUT2D eigenvalue weighted by Gasteiger charge is -2.41. The fraction of sp³-hybridized carbons (Fsp3) is 1.00. The van der Waals surface area contributed by atoms with E-state index in [1.165, 1.54) is 30.8 Å². The zero-order valence-electron chi connectivity index (χ0n) is 11.4. The van der Waals surface area contributed by atoms with Crippen LogP contribution >= 0.6 is 23.5 Å². The maximum atomic E-state index is 6.60. The molecule has 0 bridgehead atoms. The summed E-state index contributed by atoms with van der Waals surface area (Å²) in [6.45, 7) is 7.18. The third-order valence-corrected chi connectivity index (χ3v) is 7.61. The van der Waals surface area contributed by atoms with Crippen LogP contribution in [0.3, 0.4) is 0 Å². The minimum Gasteiger partial charge on any atom is -0.326 e. The van der Waals surface area contributed by atoms with E-state index in [9.17, 15) is 0 Å². The van der Waals surface area contributed by atoms with E-state index >= 15 is 0 Å². The van der Waals surface area contributed by atoms with Crippen LogP contribution in [0.1, 0.15) is 40.0 Å². The van der Waals surface area contributed by atoms with E-state index in [-0.39, 0.29) is 0 Å². The van der Waals surface area contributed by atoms with E-state index in [2.05, 4.69) is 44.3 Å². The molecule has 100 valence electrons. The first kappa shape index (κ1) is 14.1. The lowest BCUT2D eigenvalue weighted by Crippen LogP contribution is -2.47. The SMILES string of the molecule is CC1CC(C)CC(C(N)C2SCCSC2C)C1. The highest BCUT2D eigenvalue weighted by atomic mass is 32.2. The zero-order valence-corrected chi connectivity index (χ0v) is 13.0. The second-order valence-corrected chi connectivity index (χ2v) is 8.94. The molecule has 2 aliphatic rings. The van der Waals surface area contributed by atoms with Gasteiger partial charge in [0.2, 0.25) is 0 Å². The fourth-order valence-corrected chi connectivity index (χ4v) is 6.64. The Morgan fingerprint density at radius 1 is 0.941 bits per heavy atom. The van der Waals surface area contributed by atoms with Crippen molar-refractivity contribution in [3.8, 4) is 0 Å². The molecule has 1 nitrogen and oxygen atoms in total. The first-order valence-corrected chi connectivity index (χ1v) is 9.16. The molecule has 17 heavy (non-hydrogen) atoms. The van der Waals surface area contributed by atoms with Crippen LogP contribution in [0.15, 0.2) is 0 Å². The van der Waals surface area contributed by atoms with Crippen molar-refractivity contribution in [1.82, 2.24) is 0 Å². The highest BCUT2D eigenvalue weighted by molar-refractivity contribution is 8.07. The van der Waals surface area contributed by atoms with Crippen molar-refractivity contribution in [3.63, 3.8) is 0 Å². The minimum atomic E-state index is 0.424. The molecule has 3 heteroatoms. The van der Waals surface area contributed by atoms with Crippen molar-refractivity contribution in [2.24, 2.45) is 23.5 Å². The molecular weight excluding hydrogens is 246 g/mol. The first-order valence-electron chi connectivity index (χ1n) is 7.06. The summed E-state index contributed by atoms with van der Waals surface area (Å²) in [5.41, 5.74) is 6.60. The Morgan fingerprint density at radius 2 is 1.53 bits per heavy atom. The minimum absolute atomic E-state index is 0.424. The molecule has 0 aromatic heterocycles. The van der Waals surface area contributed by atoms with Gasteiger partial charge in [-0.15, -0.1) is 0 Å². The summed E-state index contributed by atoms with van der Waals surface area (Å²) in [7, 11) is 0. The van der Waals surface area contributed by atoms with Crippen molar-refractivity contribution >= 4 is 23.5 Å². The number of thioether (sulfide) groups is 2. The van der Waals surface area contributed by atoms with Crippen LogP contribution < -0.4 is 5.73 Å². The van der Waals surface area contributed by atoms with Crippen LogP contribution in [0.2, 0.25) is 0 Å². The maximum absolute atomic E-state index is 6.60. The van der Waals surface area contributed by atoms with Crippen LogP contribution in [0.4, 0.5) is 0 Å². The predicted octanol–water partition coefficient (Wildman–Crippen LogP) is 3.62. The Labute approximate surface area is 115 Å². The molecule has 0 aromatic rings. The molecule has 0 aromatic carbocycles. The van der Waals surface area contributed by atoms with Gasteiger partial charge in [0.15, 0.2) is 0 Å². The third kappa shape index (κ3) is 3.57.